The summed E-state index contributed by atoms with van der Waals surface area (Å²) >= 11 is 0. The molecule has 26 heavy (non-hydrogen) atoms. The van der Waals surface area contributed by atoms with E-state index in [2.05, 4.69) is 0 Å². The molecule has 3 aromatic rings. The first kappa shape index (κ1) is 17.8. The summed E-state index contributed by atoms with van der Waals surface area (Å²) in [7, 11) is 1.32. The number of fused-ring (bicyclic) bond motifs is 1. The van der Waals surface area contributed by atoms with E-state index in [-0.39, 0.29) is 22.3 Å². The Morgan fingerprint density at radius 3 is 2.50 bits per heavy atom. The normalized spacial score (nSPS) is 11.6. The van der Waals surface area contributed by atoms with Crippen LogP contribution in [0.25, 0.3) is 22.1 Å². The third-order valence-electron chi connectivity index (χ3n) is 3.81. The van der Waals surface area contributed by atoms with Crippen LogP contribution in [-0.4, -0.2) is 13.7 Å². The molecule has 0 aliphatic carbocycles. The van der Waals surface area contributed by atoms with E-state index in [9.17, 15) is 18.0 Å². The SMILES string of the molecule is CCOc1ccc2c(=O)c(-c3ccccc3OC)c(C(F)(F)F)oc2c1. The molecule has 0 aliphatic heterocycles. The molecule has 0 fully saturated rings. The maximum absolute atomic E-state index is 13.6. The molecule has 1 heterocycles. The van der Waals surface area contributed by atoms with Gasteiger partial charge >= 0.3 is 6.18 Å². The molecule has 4 nitrogen and oxygen atoms in total. The van der Waals surface area contributed by atoms with E-state index in [4.69, 9.17) is 13.9 Å². The number of methoxy groups -OCH3 is 1. The minimum absolute atomic E-state index is 0.0202. The number of benzene rings is 2. The average molecular weight is 364 g/mol. The minimum Gasteiger partial charge on any atom is -0.496 e. The third-order valence-corrected chi connectivity index (χ3v) is 3.81. The molecule has 0 saturated carbocycles. The minimum atomic E-state index is -4.86. The number of hydrogen-bond acceptors (Lipinski definition) is 4. The van der Waals surface area contributed by atoms with Crippen LogP contribution in [0.15, 0.2) is 51.7 Å². The Labute approximate surface area is 146 Å². The summed E-state index contributed by atoms with van der Waals surface area (Å²) < 4.78 is 56.4. The van der Waals surface area contributed by atoms with Crippen LogP contribution in [0.4, 0.5) is 13.2 Å². The van der Waals surface area contributed by atoms with E-state index in [0.29, 0.717) is 12.4 Å². The molecule has 7 heteroatoms. The van der Waals surface area contributed by atoms with Crippen molar-refractivity contribution in [2.24, 2.45) is 0 Å². The fourth-order valence-corrected chi connectivity index (χ4v) is 2.73. The lowest BCUT2D eigenvalue weighted by atomic mass is 10.0. The van der Waals surface area contributed by atoms with Crippen molar-refractivity contribution in [3.8, 4) is 22.6 Å². The molecule has 0 saturated heterocycles. The van der Waals surface area contributed by atoms with Crippen LogP contribution in [0, 0.1) is 0 Å². The first-order valence-electron chi connectivity index (χ1n) is 7.81. The first-order chi connectivity index (χ1) is 12.4. The second-order valence-electron chi connectivity index (χ2n) is 5.42. The van der Waals surface area contributed by atoms with Crippen LogP contribution in [0.3, 0.4) is 0 Å². The quantitative estimate of drug-likeness (QED) is 0.662. The van der Waals surface area contributed by atoms with E-state index in [1.165, 1.54) is 43.5 Å². The second kappa shape index (κ2) is 6.74. The van der Waals surface area contributed by atoms with Crippen molar-refractivity contribution >= 4 is 11.0 Å². The predicted octanol–water partition coefficient (Wildman–Crippen LogP) is 4.89. The third kappa shape index (κ3) is 3.12. The largest absolute Gasteiger partial charge is 0.496 e. The Kier molecular flexibility index (Phi) is 4.63. The number of hydrogen-bond donors (Lipinski definition) is 0. The molecule has 0 N–H and O–H groups in total. The van der Waals surface area contributed by atoms with Crippen molar-refractivity contribution in [1.82, 2.24) is 0 Å². The standard InChI is InChI=1S/C19H15F3O4/c1-3-25-11-8-9-13-15(10-11)26-18(19(20,21)22)16(17(13)23)12-6-4-5-7-14(12)24-2/h4-10H,3H2,1-2H3. The highest BCUT2D eigenvalue weighted by Crippen LogP contribution is 2.40. The van der Waals surface area contributed by atoms with Crippen LogP contribution in [0.1, 0.15) is 12.7 Å². The van der Waals surface area contributed by atoms with Crippen molar-refractivity contribution in [3.63, 3.8) is 0 Å². The highest BCUT2D eigenvalue weighted by Gasteiger charge is 2.40. The van der Waals surface area contributed by atoms with Gasteiger partial charge < -0.3 is 13.9 Å². The van der Waals surface area contributed by atoms with E-state index in [0.717, 1.165) is 0 Å². The molecule has 0 amide bonds. The average Bonchev–Trinajstić information content (AvgIpc) is 2.61. The zero-order valence-electron chi connectivity index (χ0n) is 14.0. The summed E-state index contributed by atoms with van der Waals surface area (Å²) in [6, 6.07) is 10.2. The summed E-state index contributed by atoms with van der Waals surface area (Å²) in [5, 5.41) is 0.0300. The monoisotopic (exact) mass is 364 g/mol. The van der Waals surface area contributed by atoms with Gasteiger partial charge in [-0.1, -0.05) is 18.2 Å². The van der Waals surface area contributed by atoms with Gasteiger partial charge in [0.25, 0.3) is 0 Å². The van der Waals surface area contributed by atoms with Gasteiger partial charge in [0.15, 0.2) is 0 Å². The molecule has 1 aromatic heterocycles. The van der Waals surface area contributed by atoms with Gasteiger partial charge in [-0.05, 0) is 25.1 Å². The van der Waals surface area contributed by atoms with Crippen molar-refractivity contribution < 1.29 is 27.1 Å². The van der Waals surface area contributed by atoms with Gasteiger partial charge in [-0.3, -0.25) is 4.79 Å². The maximum atomic E-state index is 13.6. The topological polar surface area (TPSA) is 48.7 Å². The second-order valence-corrected chi connectivity index (χ2v) is 5.42. The van der Waals surface area contributed by atoms with Crippen molar-refractivity contribution in [3.05, 3.63) is 58.4 Å². The Morgan fingerprint density at radius 2 is 1.85 bits per heavy atom. The summed E-state index contributed by atoms with van der Waals surface area (Å²) in [5.41, 5.74) is -1.53. The number of halogens is 3. The van der Waals surface area contributed by atoms with E-state index < -0.39 is 22.9 Å². The van der Waals surface area contributed by atoms with Gasteiger partial charge in [0.1, 0.15) is 17.1 Å². The zero-order chi connectivity index (χ0) is 18.9. The molecule has 0 unspecified atom stereocenters. The lowest BCUT2D eigenvalue weighted by Gasteiger charge is -2.15. The zero-order valence-corrected chi connectivity index (χ0v) is 14.0. The molecule has 0 spiro atoms. The van der Waals surface area contributed by atoms with E-state index in [1.54, 1.807) is 13.0 Å². The molecule has 2 aromatic carbocycles. The van der Waals surface area contributed by atoms with Crippen molar-refractivity contribution in [1.29, 1.82) is 0 Å². The van der Waals surface area contributed by atoms with Gasteiger partial charge in [0, 0.05) is 11.6 Å². The summed E-state index contributed by atoms with van der Waals surface area (Å²) in [6.45, 7) is 2.08. The smallest absolute Gasteiger partial charge is 0.450 e. The maximum Gasteiger partial charge on any atom is 0.450 e. The Hall–Kier alpha value is -2.96. The summed E-state index contributed by atoms with van der Waals surface area (Å²) in [5.74, 6) is -0.898. The first-order valence-corrected chi connectivity index (χ1v) is 7.81. The highest BCUT2D eigenvalue weighted by molar-refractivity contribution is 5.85. The Balaban J connectivity index is 2.39. The van der Waals surface area contributed by atoms with Crippen LogP contribution >= 0.6 is 0 Å². The van der Waals surface area contributed by atoms with E-state index in [1.807, 2.05) is 0 Å². The van der Waals surface area contributed by atoms with Crippen molar-refractivity contribution in [2.75, 3.05) is 13.7 Å². The summed E-state index contributed by atoms with van der Waals surface area (Å²) in [6.07, 6.45) is -4.86. The van der Waals surface area contributed by atoms with Crippen LogP contribution < -0.4 is 14.9 Å². The predicted molar refractivity (Wildman–Crippen MR) is 90.6 cm³/mol. The Morgan fingerprint density at radius 1 is 1.12 bits per heavy atom. The molecule has 0 aliphatic rings. The molecule has 3 rings (SSSR count). The number of ether oxygens (including phenoxy) is 2. The van der Waals surface area contributed by atoms with Gasteiger partial charge in [-0.25, -0.2) is 0 Å². The van der Waals surface area contributed by atoms with Gasteiger partial charge in [-0.15, -0.1) is 0 Å². The van der Waals surface area contributed by atoms with Crippen LogP contribution in [-0.2, 0) is 6.18 Å². The van der Waals surface area contributed by atoms with Gasteiger partial charge in [0.05, 0.1) is 24.7 Å². The molecule has 136 valence electrons. The van der Waals surface area contributed by atoms with E-state index >= 15 is 0 Å². The summed E-state index contributed by atoms with van der Waals surface area (Å²) in [4.78, 5) is 12.9. The molecule has 0 bridgehead atoms. The molecule has 0 atom stereocenters. The van der Waals surface area contributed by atoms with Gasteiger partial charge in [0.2, 0.25) is 11.2 Å². The Bertz CT molecular complexity index is 1010. The van der Waals surface area contributed by atoms with Crippen LogP contribution in [0.2, 0.25) is 0 Å². The fraction of sp³-hybridized carbons (Fsp3) is 0.211. The fourth-order valence-electron chi connectivity index (χ4n) is 2.73. The lowest BCUT2D eigenvalue weighted by molar-refractivity contribution is -0.152. The molecular weight excluding hydrogens is 349 g/mol. The lowest BCUT2D eigenvalue weighted by Crippen LogP contribution is -2.16. The number of para-hydroxylation sites is 1. The molecule has 0 radical (unpaired) electrons. The highest BCUT2D eigenvalue weighted by atomic mass is 19.4. The molecular formula is C19H15F3O4. The van der Waals surface area contributed by atoms with Gasteiger partial charge in [-0.2, -0.15) is 13.2 Å². The van der Waals surface area contributed by atoms with Crippen molar-refractivity contribution in [2.45, 2.75) is 13.1 Å². The number of alkyl halides is 3. The number of rotatable bonds is 4. The van der Waals surface area contributed by atoms with Crippen LogP contribution in [0.5, 0.6) is 11.5 Å².